The number of fused-ring (bicyclic) bond motifs is 1. The number of rotatable bonds is 8. The van der Waals surface area contributed by atoms with Crippen LogP contribution in [0.5, 0.6) is 0 Å². The Bertz CT molecular complexity index is 1690. The van der Waals surface area contributed by atoms with Gasteiger partial charge >= 0.3 is 6.18 Å². The van der Waals surface area contributed by atoms with Crippen LogP contribution in [0.3, 0.4) is 0 Å². The van der Waals surface area contributed by atoms with Gasteiger partial charge in [-0.2, -0.15) is 18.3 Å². The molecule has 49 heavy (non-hydrogen) atoms. The summed E-state index contributed by atoms with van der Waals surface area (Å²) in [5.41, 5.74) is -0.0448. The number of amides is 3. The third kappa shape index (κ3) is 7.47. The van der Waals surface area contributed by atoms with Crippen molar-refractivity contribution < 1.29 is 31.9 Å². The number of carbonyl (C=O) groups excluding carboxylic acids is 3. The number of piperidine rings is 1. The Kier molecular flexibility index (Phi) is 10.0. The summed E-state index contributed by atoms with van der Waals surface area (Å²) < 4.78 is 56.6. The van der Waals surface area contributed by atoms with E-state index in [0.717, 1.165) is 36.1 Å². The first-order valence-electron chi connectivity index (χ1n) is 16.6. The lowest BCUT2D eigenvalue weighted by atomic mass is 9.94. The highest BCUT2D eigenvalue weighted by Gasteiger charge is 2.45. The van der Waals surface area contributed by atoms with Crippen LogP contribution >= 0.6 is 11.6 Å². The van der Waals surface area contributed by atoms with Crippen molar-refractivity contribution in [2.24, 2.45) is 17.8 Å². The molecule has 0 radical (unpaired) electrons. The molecule has 4 heterocycles. The molecule has 2 atom stereocenters. The Hall–Kier alpha value is -3.97. The van der Waals surface area contributed by atoms with Gasteiger partial charge in [0.15, 0.2) is 5.69 Å². The fraction of sp³-hybridized carbons (Fsp3) is 0.486. The van der Waals surface area contributed by atoms with E-state index in [-0.39, 0.29) is 35.3 Å². The van der Waals surface area contributed by atoms with E-state index in [1.165, 1.54) is 17.0 Å². The van der Waals surface area contributed by atoms with Gasteiger partial charge < -0.3 is 19.6 Å². The molecule has 6 rings (SSSR count). The minimum atomic E-state index is -4.85. The molecule has 3 saturated heterocycles. The van der Waals surface area contributed by atoms with Gasteiger partial charge in [0.05, 0.1) is 17.4 Å². The zero-order valence-electron chi connectivity index (χ0n) is 27.4. The number of likely N-dealkylation sites (tertiary alicyclic amines) is 3. The second-order valence-electron chi connectivity index (χ2n) is 13.3. The zero-order valence-corrected chi connectivity index (χ0v) is 28.2. The molecule has 262 valence electrons. The molecule has 3 aromatic rings. The highest BCUT2D eigenvalue weighted by Crippen LogP contribution is 2.37. The fourth-order valence-corrected chi connectivity index (χ4v) is 7.57. The first kappa shape index (κ1) is 34.9. The Morgan fingerprint density at radius 1 is 0.959 bits per heavy atom. The Balaban J connectivity index is 1.07. The van der Waals surface area contributed by atoms with Crippen LogP contribution in [0.25, 0.3) is 5.69 Å². The number of aryl methyl sites for hydroxylation is 1. The quantitative estimate of drug-likeness (QED) is 0.283. The topological polar surface area (TPSA) is 82.0 Å². The highest BCUT2D eigenvalue weighted by atomic mass is 35.5. The zero-order chi connectivity index (χ0) is 35.0. The van der Waals surface area contributed by atoms with Crippen LogP contribution in [0.4, 0.5) is 23.2 Å². The summed E-state index contributed by atoms with van der Waals surface area (Å²) >= 11 is 6.44. The number of halogens is 5. The van der Waals surface area contributed by atoms with Crippen molar-refractivity contribution in [3.05, 3.63) is 76.3 Å². The standard InChI is InChI=1S/C35H39ClF4N6O3/c1-22-4-7-29(16-31(22)36)45(33(48)24-10-14-43(15-11-24)23(2)47)13-3-12-42-18-25-20-44(21-26(25)19-42)34(49)30-17-41-46(32(30)35(38,39)40)28-8-5-27(37)6-9-28/h4-9,16-17,24-26H,3,10-15,18-21H2,1-2H3. The van der Waals surface area contributed by atoms with Crippen LogP contribution in [0.2, 0.25) is 5.02 Å². The molecule has 3 fully saturated rings. The van der Waals surface area contributed by atoms with Crippen molar-refractivity contribution in [3.8, 4) is 5.69 Å². The van der Waals surface area contributed by atoms with Gasteiger partial charge in [0.1, 0.15) is 5.82 Å². The molecule has 14 heteroatoms. The SMILES string of the molecule is CC(=O)N1CCC(C(=O)N(CCCN2CC3CN(C(=O)c4cnn(-c5ccc(F)cc5)c4C(F)(F)F)CC3C2)c2ccc(C)c(Cl)c2)CC1. The van der Waals surface area contributed by atoms with Crippen LogP contribution in [-0.4, -0.2) is 94.6 Å². The van der Waals surface area contributed by atoms with Gasteiger partial charge in [0.25, 0.3) is 5.91 Å². The smallest absolute Gasteiger partial charge is 0.343 e. The second kappa shape index (κ2) is 14.1. The summed E-state index contributed by atoms with van der Waals surface area (Å²) in [6.45, 7) is 7.83. The molecule has 0 N–H and O–H groups in total. The van der Waals surface area contributed by atoms with Gasteiger partial charge in [-0.05, 0) is 86.5 Å². The van der Waals surface area contributed by atoms with Crippen LogP contribution < -0.4 is 4.90 Å². The molecule has 0 spiro atoms. The number of benzene rings is 2. The third-order valence-corrected chi connectivity index (χ3v) is 10.5. The number of anilines is 1. The summed E-state index contributed by atoms with van der Waals surface area (Å²) in [5.74, 6) is -1.23. The molecule has 3 aliphatic rings. The number of hydrogen-bond acceptors (Lipinski definition) is 5. The van der Waals surface area contributed by atoms with E-state index in [1.54, 1.807) is 16.7 Å². The predicted octanol–water partition coefficient (Wildman–Crippen LogP) is 5.68. The Labute approximate surface area is 287 Å². The van der Waals surface area contributed by atoms with Crippen molar-refractivity contribution in [2.75, 3.05) is 57.3 Å². The number of nitrogens with zero attached hydrogens (tertiary/aromatic N) is 6. The summed E-state index contributed by atoms with van der Waals surface area (Å²) in [6.07, 6.45) is -2.00. The Morgan fingerprint density at radius 2 is 1.61 bits per heavy atom. The molecule has 3 amide bonds. The van der Waals surface area contributed by atoms with Gasteiger partial charge in [0.2, 0.25) is 11.8 Å². The fourth-order valence-electron chi connectivity index (χ4n) is 7.40. The van der Waals surface area contributed by atoms with Crippen molar-refractivity contribution in [1.29, 1.82) is 0 Å². The molecule has 0 aliphatic carbocycles. The lowest BCUT2D eigenvalue weighted by Gasteiger charge is -2.34. The van der Waals surface area contributed by atoms with Crippen LogP contribution in [0, 0.1) is 30.5 Å². The molecular weight excluding hydrogens is 664 g/mol. The van der Waals surface area contributed by atoms with E-state index < -0.39 is 29.2 Å². The maximum absolute atomic E-state index is 14.2. The normalized spacial score (nSPS) is 20.1. The summed E-state index contributed by atoms with van der Waals surface area (Å²) in [4.78, 5) is 46.4. The average molecular weight is 703 g/mol. The number of carbonyl (C=O) groups is 3. The van der Waals surface area contributed by atoms with E-state index >= 15 is 0 Å². The van der Waals surface area contributed by atoms with Crippen LogP contribution in [-0.2, 0) is 15.8 Å². The van der Waals surface area contributed by atoms with Crippen molar-refractivity contribution in [2.45, 2.75) is 39.3 Å². The average Bonchev–Trinajstić information content (AvgIpc) is 3.78. The largest absolute Gasteiger partial charge is 0.434 e. The molecule has 2 unspecified atom stereocenters. The maximum atomic E-state index is 14.2. The lowest BCUT2D eigenvalue weighted by molar-refractivity contribution is -0.143. The molecule has 9 nitrogen and oxygen atoms in total. The maximum Gasteiger partial charge on any atom is 0.434 e. The van der Waals surface area contributed by atoms with E-state index in [0.29, 0.717) is 74.8 Å². The van der Waals surface area contributed by atoms with Gasteiger partial charge in [-0.1, -0.05) is 17.7 Å². The van der Waals surface area contributed by atoms with Gasteiger partial charge in [-0.25, -0.2) is 9.07 Å². The summed E-state index contributed by atoms with van der Waals surface area (Å²) in [5, 5.41) is 4.44. The monoisotopic (exact) mass is 702 g/mol. The van der Waals surface area contributed by atoms with Crippen LogP contribution in [0.1, 0.15) is 47.8 Å². The predicted molar refractivity (Wildman–Crippen MR) is 176 cm³/mol. The minimum absolute atomic E-state index is 0.00539. The third-order valence-electron chi connectivity index (χ3n) is 10.1. The van der Waals surface area contributed by atoms with Crippen molar-refractivity contribution in [3.63, 3.8) is 0 Å². The number of aromatic nitrogens is 2. The van der Waals surface area contributed by atoms with Crippen LogP contribution in [0.15, 0.2) is 48.7 Å². The van der Waals surface area contributed by atoms with Gasteiger partial charge in [0, 0.05) is 69.4 Å². The van der Waals surface area contributed by atoms with Gasteiger partial charge in [-0.15, -0.1) is 0 Å². The molecular formula is C35H39ClF4N6O3. The first-order chi connectivity index (χ1) is 23.3. The van der Waals surface area contributed by atoms with Gasteiger partial charge in [-0.3, -0.25) is 14.4 Å². The van der Waals surface area contributed by atoms with E-state index in [4.69, 9.17) is 11.6 Å². The van der Waals surface area contributed by atoms with E-state index in [1.807, 2.05) is 25.1 Å². The number of alkyl halides is 3. The summed E-state index contributed by atoms with van der Waals surface area (Å²) in [7, 11) is 0. The van der Waals surface area contributed by atoms with Crippen molar-refractivity contribution >= 4 is 35.0 Å². The molecule has 3 aliphatic heterocycles. The molecule has 0 bridgehead atoms. The Morgan fingerprint density at radius 3 is 2.20 bits per heavy atom. The van der Waals surface area contributed by atoms with E-state index in [9.17, 15) is 31.9 Å². The van der Waals surface area contributed by atoms with E-state index in [2.05, 4.69) is 10.00 Å². The molecule has 2 aromatic carbocycles. The minimum Gasteiger partial charge on any atom is -0.343 e. The molecule has 0 saturated carbocycles. The number of hydrogen-bond donors (Lipinski definition) is 0. The first-order valence-corrected chi connectivity index (χ1v) is 16.9. The lowest BCUT2D eigenvalue weighted by Crippen LogP contribution is -2.44. The second-order valence-corrected chi connectivity index (χ2v) is 13.7. The highest BCUT2D eigenvalue weighted by molar-refractivity contribution is 6.31. The van der Waals surface area contributed by atoms with Crippen molar-refractivity contribution in [1.82, 2.24) is 24.5 Å². The molecule has 1 aromatic heterocycles. The summed E-state index contributed by atoms with van der Waals surface area (Å²) in [6, 6.07) is 10.1.